The third-order valence-electron chi connectivity index (χ3n) is 3.68. The number of nitrogens with one attached hydrogen (secondary N) is 2. The van der Waals surface area contributed by atoms with Crippen molar-refractivity contribution in [3.63, 3.8) is 0 Å². The van der Waals surface area contributed by atoms with E-state index < -0.39 is 0 Å². The summed E-state index contributed by atoms with van der Waals surface area (Å²) in [6, 6.07) is 7.46. The largest absolute Gasteiger partial charge is 0.493 e. The normalized spacial score (nSPS) is 16.3. The van der Waals surface area contributed by atoms with Gasteiger partial charge in [0.15, 0.2) is 0 Å². The Morgan fingerprint density at radius 3 is 3.22 bits per heavy atom. The first-order valence-electron chi connectivity index (χ1n) is 7.57. The number of ether oxygens (including phenoxy) is 2. The molecule has 0 spiro atoms. The molecule has 0 saturated heterocycles. The van der Waals surface area contributed by atoms with Gasteiger partial charge >= 0.3 is 6.03 Å². The smallest absolute Gasteiger partial charge is 0.319 e. The van der Waals surface area contributed by atoms with Crippen molar-refractivity contribution >= 4 is 11.7 Å². The molecule has 0 radical (unpaired) electrons. The predicted octanol–water partition coefficient (Wildman–Crippen LogP) is 2.17. The van der Waals surface area contributed by atoms with Gasteiger partial charge in [-0.15, -0.1) is 0 Å². The lowest BCUT2D eigenvalue weighted by Crippen LogP contribution is -2.35. The molecular formula is C16H20N4O3. The Morgan fingerprint density at radius 2 is 2.35 bits per heavy atom. The number of benzene rings is 1. The molecule has 122 valence electrons. The maximum Gasteiger partial charge on any atom is 0.319 e. The van der Waals surface area contributed by atoms with Crippen molar-refractivity contribution in [1.29, 1.82) is 0 Å². The van der Waals surface area contributed by atoms with Gasteiger partial charge < -0.3 is 20.1 Å². The van der Waals surface area contributed by atoms with Crippen LogP contribution in [0.4, 0.5) is 10.5 Å². The number of aromatic nitrogens is 2. The molecule has 23 heavy (non-hydrogen) atoms. The molecule has 7 nitrogen and oxygen atoms in total. The molecule has 2 aromatic rings. The Morgan fingerprint density at radius 1 is 1.48 bits per heavy atom. The van der Waals surface area contributed by atoms with Gasteiger partial charge in [0.05, 0.1) is 37.7 Å². The summed E-state index contributed by atoms with van der Waals surface area (Å²) in [5.41, 5.74) is 1.66. The van der Waals surface area contributed by atoms with Crippen molar-refractivity contribution in [2.45, 2.75) is 19.0 Å². The molecule has 2 heterocycles. The fraction of sp³-hybridized carbons (Fsp3) is 0.375. The molecule has 1 aliphatic rings. The van der Waals surface area contributed by atoms with E-state index in [1.54, 1.807) is 24.2 Å². The third kappa shape index (κ3) is 3.81. The van der Waals surface area contributed by atoms with Crippen molar-refractivity contribution in [2.75, 3.05) is 25.6 Å². The zero-order valence-electron chi connectivity index (χ0n) is 13.0. The molecule has 3 rings (SSSR count). The van der Waals surface area contributed by atoms with E-state index >= 15 is 0 Å². The van der Waals surface area contributed by atoms with Gasteiger partial charge in [0.2, 0.25) is 0 Å². The zero-order chi connectivity index (χ0) is 16.1. The fourth-order valence-corrected chi connectivity index (χ4v) is 2.55. The number of methoxy groups -OCH3 is 1. The number of hydrogen-bond acceptors (Lipinski definition) is 4. The van der Waals surface area contributed by atoms with E-state index in [-0.39, 0.29) is 12.1 Å². The predicted molar refractivity (Wildman–Crippen MR) is 85.6 cm³/mol. The number of anilines is 1. The Bertz CT molecular complexity index is 671. The van der Waals surface area contributed by atoms with E-state index in [1.807, 2.05) is 24.3 Å². The summed E-state index contributed by atoms with van der Waals surface area (Å²) in [6.07, 6.45) is 4.14. The Labute approximate surface area is 134 Å². The Balaban J connectivity index is 1.59. The molecular weight excluding hydrogens is 296 g/mol. The molecule has 7 heteroatoms. The van der Waals surface area contributed by atoms with E-state index in [9.17, 15) is 4.79 Å². The summed E-state index contributed by atoms with van der Waals surface area (Å²) in [6.45, 7) is 1.82. The molecule has 1 aromatic carbocycles. The number of rotatable bonds is 5. The summed E-state index contributed by atoms with van der Waals surface area (Å²) in [5, 5.41) is 9.95. The van der Waals surface area contributed by atoms with Crippen LogP contribution >= 0.6 is 0 Å². The number of fused-ring (bicyclic) bond motifs is 1. The number of urea groups is 1. The maximum absolute atomic E-state index is 12.2. The highest BCUT2D eigenvalue weighted by atomic mass is 16.5. The van der Waals surface area contributed by atoms with Crippen molar-refractivity contribution in [3.8, 4) is 5.75 Å². The standard InChI is InChI=1S/C16H20N4O3/c1-22-9-7-20-11-12(10-17-20)18-16(21)19-14-6-8-23-15-5-3-2-4-13(14)15/h2-5,10-11,14H,6-9H2,1H3,(H2,18,19,21)/t14-/m1/s1. The molecule has 1 atom stereocenters. The van der Waals surface area contributed by atoms with Crippen LogP contribution in [-0.2, 0) is 11.3 Å². The lowest BCUT2D eigenvalue weighted by molar-refractivity contribution is 0.183. The van der Waals surface area contributed by atoms with Crippen LogP contribution in [0, 0.1) is 0 Å². The van der Waals surface area contributed by atoms with Crippen LogP contribution in [0.1, 0.15) is 18.0 Å². The first-order chi connectivity index (χ1) is 11.3. The minimum atomic E-state index is -0.252. The molecule has 0 bridgehead atoms. The highest BCUT2D eigenvalue weighted by Crippen LogP contribution is 2.31. The highest BCUT2D eigenvalue weighted by molar-refractivity contribution is 5.89. The lowest BCUT2D eigenvalue weighted by atomic mass is 10.0. The minimum absolute atomic E-state index is 0.0523. The van der Waals surface area contributed by atoms with Gasteiger partial charge in [-0.05, 0) is 6.07 Å². The SMILES string of the molecule is COCCn1cc(NC(=O)N[C@@H]2CCOc3ccccc32)cn1. The number of carbonyl (C=O) groups is 1. The van der Waals surface area contributed by atoms with Crippen LogP contribution in [0.3, 0.4) is 0 Å². The van der Waals surface area contributed by atoms with Gasteiger partial charge in [-0.3, -0.25) is 4.68 Å². The maximum atomic E-state index is 12.2. The molecule has 1 aromatic heterocycles. The molecule has 2 amide bonds. The van der Waals surface area contributed by atoms with E-state index in [0.717, 1.165) is 17.7 Å². The first kappa shape index (κ1) is 15.4. The van der Waals surface area contributed by atoms with E-state index in [1.165, 1.54) is 0 Å². The molecule has 1 aliphatic heterocycles. The van der Waals surface area contributed by atoms with Crippen molar-refractivity contribution in [3.05, 3.63) is 42.2 Å². The Hall–Kier alpha value is -2.54. The lowest BCUT2D eigenvalue weighted by Gasteiger charge is -2.26. The highest BCUT2D eigenvalue weighted by Gasteiger charge is 2.22. The van der Waals surface area contributed by atoms with Gasteiger partial charge in [0.1, 0.15) is 5.75 Å². The number of nitrogens with zero attached hydrogens (tertiary/aromatic N) is 2. The second-order valence-corrected chi connectivity index (χ2v) is 5.31. The number of hydrogen-bond donors (Lipinski definition) is 2. The van der Waals surface area contributed by atoms with Gasteiger partial charge in [0, 0.05) is 25.3 Å². The summed E-state index contributed by atoms with van der Waals surface area (Å²) in [4.78, 5) is 12.2. The average Bonchev–Trinajstić information content (AvgIpc) is 3.00. The number of para-hydroxylation sites is 1. The van der Waals surface area contributed by atoms with E-state index in [2.05, 4.69) is 15.7 Å². The van der Waals surface area contributed by atoms with Crippen LogP contribution in [-0.4, -0.2) is 36.1 Å². The van der Waals surface area contributed by atoms with Crippen LogP contribution in [0.15, 0.2) is 36.7 Å². The average molecular weight is 316 g/mol. The summed E-state index contributed by atoms with van der Waals surface area (Å²) in [5.74, 6) is 0.830. The second kappa shape index (κ2) is 7.15. The monoisotopic (exact) mass is 316 g/mol. The molecule has 0 aliphatic carbocycles. The summed E-state index contributed by atoms with van der Waals surface area (Å²) >= 11 is 0. The summed E-state index contributed by atoms with van der Waals surface area (Å²) in [7, 11) is 1.64. The zero-order valence-corrected chi connectivity index (χ0v) is 13.0. The van der Waals surface area contributed by atoms with Crippen molar-refractivity contribution in [2.24, 2.45) is 0 Å². The number of carbonyl (C=O) groups excluding carboxylic acids is 1. The molecule has 0 fully saturated rings. The summed E-state index contributed by atoms with van der Waals surface area (Å²) < 4.78 is 12.3. The van der Waals surface area contributed by atoms with Gasteiger partial charge in [0.25, 0.3) is 0 Å². The van der Waals surface area contributed by atoms with Crippen LogP contribution in [0.2, 0.25) is 0 Å². The van der Waals surface area contributed by atoms with Crippen LogP contribution in [0.25, 0.3) is 0 Å². The van der Waals surface area contributed by atoms with Gasteiger partial charge in [-0.2, -0.15) is 5.10 Å². The third-order valence-corrected chi connectivity index (χ3v) is 3.68. The van der Waals surface area contributed by atoms with Crippen LogP contribution in [0.5, 0.6) is 5.75 Å². The molecule has 0 unspecified atom stereocenters. The van der Waals surface area contributed by atoms with Crippen LogP contribution < -0.4 is 15.4 Å². The Kier molecular flexibility index (Phi) is 4.77. The topological polar surface area (TPSA) is 77.4 Å². The van der Waals surface area contributed by atoms with Gasteiger partial charge in [-0.25, -0.2) is 4.79 Å². The number of amides is 2. The first-order valence-corrected chi connectivity index (χ1v) is 7.57. The van der Waals surface area contributed by atoms with Crippen molar-refractivity contribution < 1.29 is 14.3 Å². The van der Waals surface area contributed by atoms with Crippen molar-refractivity contribution in [1.82, 2.24) is 15.1 Å². The fourth-order valence-electron chi connectivity index (χ4n) is 2.55. The minimum Gasteiger partial charge on any atom is -0.493 e. The second-order valence-electron chi connectivity index (χ2n) is 5.31. The van der Waals surface area contributed by atoms with E-state index in [4.69, 9.17) is 9.47 Å². The van der Waals surface area contributed by atoms with Gasteiger partial charge in [-0.1, -0.05) is 18.2 Å². The van der Waals surface area contributed by atoms with E-state index in [0.29, 0.717) is 25.4 Å². The molecule has 2 N–H and O–H groups in total. The quantitative estimate of drug-likeness (QED) is 0.886. The molecule has 0 saturated carbocycles.